The number of hydrogen-bond acceptors (Lipinski definition) is 9. The van der Waals surface area contributed by atoms with Gasteiger partial charge < -0.3 is 34.1 Å². The van der Waals surface area contributed by atoms with E-state index in [0.29, 0.717) is 70.0 Å². The molecule has 49 heavy (non-hydrogen) atoms. The minimum absolute atomic E-state index is 0.308. The molecule has 1 aliphatic heterocycles. The van der Waals surface area contributed by atoms with Crippen LogP contribution in [0, 0.1) is 5.82 Å². The molecular weight excluding hydrogens is 646 g/mol. The van der Waals surface area contributed by atoms with E-state index in [2.05, 4.69) is 9.47 Å². The van der Waals surface area contributed by atoms with Gasteiger partial charge in [0.25, 0.3) is 5.91 Å². The van der Waals surface area contributed by atoms with Gasteiger partial charge in [-0.3, -0.25) is 4.79 Å². The fourth-order valence-corrected chi connectivity index (χ4v) is 6.99. The van der Waals surface area contributed by atoms with E-state index in [9.17, 15) is 4.79 Å². The molecule has 7 rings (SSSR count). The number of hydrogen-bond donors (Lipinski definition) is 1. The summed E-state index contributed by atoms with van der Waals surface area (Å²) in [7, 11) is 3.29. The van der Waals surface area contributed by atoms with Gasteiger partial charge in [-0.2, -0.15) is 0 Å². The first-order valence-electron chi connectivity index (χ1n) is 16.0. The summed E-state index contributed by atoms with van der Waals surface area (Å²) >= 11 is 1.44. The SMILES string of the molecule is COc1ccc(CN(Cc2ccc(OC)cc2)c2nc3c(F)cc(-c4nc5cc(OC(C)C(N)=O)cc6c5n4CCCCO6)cc3s2)cc1. The minimum atomic E-state index is -0.828. The number of nitrogens with zero attached hydrogens (tertiary/aromatic N) is 4. The first kappa shape index (κ1) is 32.2. The van der Waals surface area contributed by atoms with Crippen molar-refractivity contribution >= 4 is 43.6 Å². The molecule has 12 heteroatoms. The fraction of sp³-hybridized carbons (Fsp3) is 0.270. The van der Waals surface area contributed by atoms with Crippen LogP contribution in [0.5, 0.6) is 23.0 Å². The zero-order valence-electron chi connectivity index (χ0n) is 27.4. The fourth-order valence-electron chi connectivity index (χ4n) is 5.97. The van der Waals surface area contributed by atoms with Crippen LogP contribution in [0.3, 0.4) is 0 Å². The largest absolute Gasteiger partial charge is 0.497 e. The van der Waals surface area contributed by atoms with Gasteiger partial charge in [-0.1, -0.05) is 35.6 Å². The van der Waals surface area contributed by atoms with Gasteiger partial charge in [0.05, 0.1) is 31.0 Å². The van der Waals surface area contributed by atoms with E-state index >= 15 is 4.39 Å². The lowest BCUT2D eigenvalue weighted by Crippen LogP contribution is -2.30. The molecule has 0 spiro atoms. The molecule has 0 bridgehead atoms. The lowest BCUT2D eigenvalue weighted by Gasteiger charge is -2.22. The average molecular weight is 682 g/mol. The number of imidazole rings is 1. The third-order valence-corrected chi connectivity index (χ3v) is 9.62. The summed E-state index contributed by atoms with van der Waals surface area (Å²) in [5.41, 5.74) is 9.93. The van der Waals surface area contributed by atoms with Gasteiger partial charge in [-0.15, -0.1) is 0 Å². The molecule has 1 atom stereocenters. The Balaban J connectivity index is 1.28. The number of nitrogens with two attached hydrogens (primary N) is 1. The number of aryl methyl sites for hydroxylation is 1. The van der Waals surface area contributed by atoms with Crippen LogP contribution in [-0.4, -0.2) is 47.4 Å². The van der Waals surface area contributed by atoms with Crippen molar-refractivity contribution in [1.82, 2.24) is 14.5 Å². The summed E-state index contributed by atoms with van der Waals surface area (Å²) in [4.78, 5) is 23.6. The molecule has 2 aromatic heterocycles. The lowest BCUT2D eigenvalue weighted by atomic mass is 10.1. The van der Waals surface area contributed by atoms with Crippen LogP contribution >= 0.6 is 11.3 Å². The van der Waals surface area contributed by atoms with E-state index in [-0.39, 0.29) is 0 Å². The number of rotatable bonds is 11. The zero-order valence-corrected chi connectivity index (χ0v) is 28.3. The monoisotopic (exact) mass is 681 g/mol. The first-order chi connectivity index (χ1) is 23.8. The highest BCUT2D eigenvalue weighted by atomic mass is 32.1. The summed E-state index contributed by atoms with van der Waals surface area (Å²) in [6.07, 6.45) is 0.881. The van der Waals surface area contributed by atoms with Crippen LogP contribution in [0.4, 0.5) is 9.52 Å². The van der Waals surface area contributed by atoms with E-state index in [4.69, 9.17) is 34.6 Å². The molecule has 1 unspecified atom stereocenters. The number of anilines is 1. The van der Waals surface area contributed by atoms with Gasteiger partial charge in [-0.25, -0.2) is 14.4 Å². The van der Waals surface area contributed by atoms with Crippen molar-refractivity contribution in [3.05, 3.63) is 89.7 Å². The maximum Gasteiger partial charge on any atom is 0.258 e. The average Bonchev–Trinajstić information content (AvgIpc) is 3.69. The molecule has 4 aromatic carbocycles. The predicted molar refractivity (Wildman–Crippen MR) is 188 cm³/mol. The van der Waals surface area contributed by atoms with Gasteiger partial charge in [0.2, 0.25) is 0 Å². The van der Waals surface area contributed by atoms with Crippen LogP contribution in [0.25, 0.3) is 32.6 Å². The molecule has 10 nitrogen and oxygen atoms in total. The molecule has 3 heterocycles. The highest BCUT2D eigenvalue weighted by Gasteiger charge is 2.23. The second-order valence-electron chi connectivity index (χ2n) is 11.9. The molecule has 2 N–H and O–H groups in total. The lowest BCUT2D eigenvalue weighted by molar-refractivity contribution is -0.123. The Hall–Kier alpha value is -5.36. The van der Waals surface area contributed by atoms with Crippen LogP contribution in [0.15, 0.2) is 72.8 Å². The van der Waals surface area contributed by atoms with Crippen molar-refractivity contribution in [1.29, 1.82) is 0 Å². The number of halogens is 1. The molecule has 6 aromatic rings. The Kier molecular flexibility index (Phi) is 8.96. The van der Waals surface area contributed by atoms with Gasteiger partial charge in [0, 0.05) is 37.3 Å². The first-order valence-corrected chi connectivity index (χ1v) is 16.9. The summed E-state index contributed by atoms with van der Waals surface area (Å²) < 4.78 is 41.4. The highest BCUT2D eigenvalue weighted by molar-refractivity contribution is 7.22. The van der Waals surface area contributed by atoms with Crippen LogP contribution in [0.2, 0.25) is 0 Å². The summed E-state index contributed by atoms with van der Waals surface area (Å²) in [6.45, 7) is 3.93. The Bertz CT molecular complexity index is 2080. The Morgan fingerprint density at radius 1 is 0.959 bits per heavy atom. The maximum absolute atomic E-state index is 16.0. The van der Waals surface area contributed by atoms with Crippen LogP contribution in [0.1, 0.15) is 30.9 Å². The van der Waals surface area contributed by atoms with Crippen molar-refractivity contribution in [3.63, 3.8) is 0 Å². The van der Waals surface area contributed by atoms with E-state index in [0.717, 1.165) is 41.0 Å². The molecule has 0 radical (unpaired) electrons. The normalized spacial score (nSPS) is 13.4. The smallest absolute Gasteiger partial charge is 0.258 e. The van der Waals surface area contributed by atoms with Crippen molar-refractivity contribution in [2.45, 2.75) is 45.5 Å². The maximum atomic E-state index is 16.0. The Labute approximate surface area is 286 Å². The van der Waals surface area contributed by atoms with Crippen molar-refractivity contribution in [2.24, 2.45) is 5.73 Å². The number of fused-ring (bicyclic) bond motifs is 1. The van der Waals surface area contributed by atoms with E-state index in [1.165, 1.54) is 17.4 Å². The predicted octanol–water partition coefficient (Wildman–Crippen LogP) is 7.10. The van der Waals surface area contributed by atoms with E-state index < -0.39 is 17.8 Å². The molecule has 1 amide bonds. The van der Waals surface area contributed by atoms with Gasteiger partial charge in [0.15, 0.2) is 17.1 Å². The standard InChI is InChI=1S/C37H36FN5O5S/c1-22(35(39)44)48-28-18-30-34-31(19-28)47-15-5-4-14-43(34)36(40-30)25-16-29(38)33-32(17-25)49-37(41-33)42(20-23-6-10-26(45-2)11-7-23)21-24-8-12-27(46-3)13-9-24/h6-13,16-19,22H,4-5,14-15,20-21H2,1-3H3,(H2,39,44). The van der Waals surface area contributed by atoms with Gasteiger partial charge in [-0.05, 0) is 67.3 Å². The molecular formula is C37H36FN5O5S. The zero-order chi connectivity index (χ0) is 34.1. The number of amides is 1. The Morgan fingerprint density at radius 3 is 2.27 bits per heavy atom. The molecule has 0 fully saturated rings. The number of aromatic nitrogens is 3. The van der Waals surface area contributed by atoms with E-state index in [1.54, 1.807) is 33.3 Å². The number of carbonyl (C=O) groups excluding carboxylic acids is 1. The third-order valence-electron chi connectivity index (χ3n) is 8.56. The van der Waals surface area contributed by atoms with Crippen LogP contribution in [-0.2, 0) is 24.4 Å². The van der Waals surface area contributed by atoms with E-state index in [1.807, 2.05) is 54.6 Å². The molecule has 0 saturated carbocycles. The number of thiazole rings is 1. The summed E-state index contributed by atoms with van der Waals surface area (Å²) in [5.74, 6) is 2.19. The Morgan fingerprint density at radius 2 is 1.63 bits per heavy atom. The van der Waals surface area contributed by atoms with Crippen LogP contribution < -0.4 is 29.6 Å². The van der Waals surface area contributed by atoms with Gasteiger partial charge in [0.1, 0.15) is 39.9 Å². The quantitative estimate of drug-likeness (QED) is 0.154. The molecule has 0 aliphatic carbocycles. The number of benzene rings is 4. The van der Waals surface area contributed by atoms with Gasteiger partial charge >= 0.3 is 0 Å². The van der Waals surface area contributed by atoms with Crippen molar-refractivity contribution < 1.29 is 28.1 Å². The number of primary amides is 1. The second-order valence-corrected chi connectivity index (χ2v) is 13.0. The number of methoxy groups -OCH3 is 2. The molecule has 1 aliphatic rings. The topological polar surface area (TPSA) is 114 Å². The number of carbonyl (C=O) groups is 1. The summed E-state index contributed by atoms with van der Waals surface area (Å²) in [5, 5.41) is 0.696. The molecule has 252 valence electrons. The third kappa shape index (κ3) is 6.68. The molecule has 0 saturated heterocycles. The second kappa shape index (κ2) is 13.6. The minimum Gasteiger partial charge on any atom is -0.497 e. The summed E-state index contributed by atoms with van der Waals surface area (Å²) in [6, 6.07) is 22.8. The van der Waals surface area contributed by atoms with Crippen molar-refractivity contribution in [2.75, 3.05) is 25.7 Å². The van der Waals surface area contributed by atoms with Crippen molar-refractivity contribution in [3.8, 4) is 34.4 Å². The number of ether oxygens (including phenoxy) is 4. The highest BCUT2D eigenvalue weighted by Crippen LogP contribution is 2.39.